The molecule has 7 heteroatoms. The fourth-order valence-electron chi connectivity index (χ4n) is 3.87. The minimum Gasteiger partial charge on any atom is -0.496 e. The number of nitrogens with zero attached hydrogens (tertiary/aromatic N) is 2. The van der Waals surface area contributed by atoms with Gasteiger partial charge in [-0.15, -0.1) is 0 Å². The summed E-state index contributed by atoms with van der Waals surface area (Å²) in [5, 5.41) is 13.0. The maximum atomic E-state index is 12.3. The third kappa shape index (κ3) is 5.65. The quantitative estimate of drug-likeness (QED) is 0.703. The number of hydrogen-bond acceptors (Lipinski definition) is 6. The predicted octanol–water partition coefficient (Wildman–Crippen LogP) is 0.121. The highest BCUT2D eigenvalue weighted by Crippen LogP contribution is 2.17. The van der Waals surface area contributed by atoms with Gasteiger partial charge in [0.2, 0.25) is 5.91 Å². The zero-order chi connectivity index (χ0) is 19.1. The SMILES string of the molecule is COc1ccccc1CCNC(=O)CN1CCCN([C@@H]2COC[C@H]2O)CC1. The van der Waals surface area contributed by atoms with E-state index in [0.29, 0.717) is 26.3 Å². The fourth-order valence-corrected chi connectivity index (χ4v) is 3.87. The maximum absolute atomic E-state index is 12.3. The Morgan fingerprint density at radius 3 is 2.89 bits per heavy atom. The first-order valence-electron chi connectivity index (χ1n) is 9.78. The van der Waals surface area contributed by atoms with Crippen LogP contribution in [0.5, 0.6) is 5.75 Å². The summed E-state index contributed by atoms with van der Waals surface area (Å²) in [6, 6.07) is 7.98. The second-order valence-electron chi connectivity index (χ2n) is 7.25. The molecular weight excluding hydrogens is 346 g/mol. The van der Waals surface area contributed by atoms with Gasteiger partial charge in [-0.05, 0) is 37.6 Å². The number of nitrogens with one attached hydrogen (secondary N) is 1. The van der Waals surface area contributed by atoms with Gasteiger partial charge in [0.05, 0.1) is 39.0 Å². The molecule has 27 heavy (non-hydrogen) atoms. The van der Waals surface area contributed by atoms with Crippen LogP contribution in [0.15, 0.2) is 24.3 Å². The van der Waals surface area contributed by atoms with Gasteiger partial charge in [-0.2, -0.15) is 0 Å². The van der Waals surface area contributed by atoms with Crippen LogP contribution in [0.2, 0.25) is 0 Å². The molecule has 2 saturated heterocycles. The van der Waals surface area contributed by atoms with Crippen LogP contribution >= 0.6 is 0 Å². The maximum Gasteiger partial charge on any atom is 0.234 e. The summed E-state index contributed by atoms with van der Waals surface area (Å²) in [6.07, 6.45) is 1.36. The lowest BCUT2D eigenvalue weighted by atomic mass is 10.1. The van der Waals surface area contributed by atoms with Crippen LogP contribution in [0.25, 0.3) is 0 Å². The van der Waals surface area contributed by atoms with E-state index in [-0.39, 0.29) is 11.9 Å². The summed E-state index contributed by atoms with van der Waals surface area (Å²) in [7, 11) is 1.66. The lowest BCUT2D eigenvalue weighted by molar-refractivity contribution is -0.122. The monoisotopic (exact) mass is 377 g/mol. The van der Waals surface area contributed by atoms with Crippen molar-refractivity contribution in [1.29, 1.82) is 0 Å². The minimum atomic E-state index is -0.394. The van der Waals surface area contributed by atoms with Crippen LogP contribution in [0.3, 0.4) is 0 Å². The molecular formula is C20H31N3O4. The summed E-state index contributed by atoms with van der Waals surface area (Å²) in [5.41, 5.74) is 1.10. The summed E-state index contributed by atoms with van der Waals surface area (Å²) < 4.78 is 10.7. The molecule has 7 nitrogen and oxygen atoms in total. The zero-order valence-electron chi connectivity index (χ0n) is 16.1. The summed E-state index contributed by atoms with van der Waals surface area (Å²) in [5.74, 6) is 0.917. The van der Waals surface area contributed by atoms with E-state index in [4.69, 9.17) is 9.47 Å². The van der Waals surface area contributed by atoms with Gasteiger partial charge in [0.1, 0.15) is 5.75 Å². The summed E-state index contributed by atoms with van der Waals surface area (Å²) in [6.45, 7) is 5.60. The molecule has 2 heterocycles. The number of carbonyl (C=O) groups excluding carboxylic acids is 1. The van der Waals surface area contributed by atoms with Gasteiger partial charge in [-0.1, -0.05) is 18.2 Å². The number of carbonyl (C=O) groups is 1. The molecule has 0 unspecified atom stereocenters. The Balaban J connectivity index is 1.39. The topological polar surface area (TPSA) is 74.3 Å². The third-order valence-corrected chi connectivity index (χ3v) is 5.39. The van der Waals surface area contributed by atoms with E-state index in [1.165, 1.54) is 0 Å². The van der Waals surface area contributed by atoms with Gasteiger partial charge in [0, 0.05) is 19.6 Å². The molecule has 1 aromatic carbocycles. The zero-order valence-corrected chi connectivity index (χ0v) is 16.1. The molecule has 1 aromatic rings. The average molecular weight is 377 g/mol. The van der Waals surface area contributed by atoms with Crippen molar-refractivity contribution in [2.75, 3.05) is 59.6 Å². The number of benzene rings is 1. The molecule has 2 aliphatic heterocycles. The number of rotatable bonds is 7. The van der Waals surface area contributed by atoms with E-state index in [9.17, 15) is 9.90 Å². The second kappa shape index (κ2) is 10.0. The normalized spacial score (nSPS) is 24.5. The Labute approximate surface area is 161 Å². The Hall–Kier alpha value is -1.67. The Kier molecular flexibility index (Phi) is 7.46. The Morgan fingerprint density at radius 2 is 2.11 bits per heavy atom. The first kappa shape index (κ1) is 20.1. The van der Waals surface area contributed by atoms with E-state index >= 15 is 0 Å². The van der Waals surface area contributed by atoms with Crippen LogP contribution in [0, 0.1) is 0 Å². The first-order chi connectivity index (χ1) is 13.2. The molecule has 2 fully saturated rings. The van der Waals surface area contributed by atoms with Gasteiger partial charge < -0.3 is 19.9 Å². The van der Waals surface area contributed by atoms with Crippen LogP contribution < -0.4 is 10.1 Å². The van der Waals surface area contributed by atoms with Crippen LogP contribution in [0.1, 0.15) is 12.0 Å². The standard InChI is InChI=1S/C20H31N3O4/c1-26-19-6-3-2-5-16(19)7-8-21-20(25)13-22-9-4-10-23(12-11-22)17-14-27-15-18(17)24/h2-3,5-6,17-18,24H,4,7-15H2,1H3,(H,21,25)/t17-,18-/m1/s1. The number of aliphatic hydroxyl groups is 1. The van der Waals surface area contributed by atoms with Crippen molar-refractivity contribution in [3.63, 3.8) is 0 Å². The highest BCUT2D eigenvalue weighted by molar-refractivity contribution is 5.78. The molecule has 0 bridgehead atoms. The van der Waals surface area contributed by atoms with Crippen molar-refractivity contribution < 1.29 is 19.4 Å². The molecule has 0 spiro atoms. The van der Waals surface area contributed by atoms with E-state index < -0.39 is 6.10 Å². The van der Waals surface area contributed by atoms with E-state index in [1.807, 2.05) is 24.3 Å². The molecule has 3 rings (SSSR count). The van der Waals surface area contributed by atoms with Gasteiger partial charge in [0.25, 0.3) is 0 Å². The van der Waals surface area contributed by atoms with Crippen molar-refractivity contribution in [3.8, 4) is 5.75 Å². The lowest BCUT2D eigenvalue weighted by Crippen LogP contribution is -2.45. The van der Waals surface area contributed by atoms with Crippen molar-refractivity contribution in [2.24, 2.45) is 0 Å². The highest BCUT2D eigenvalue weighted by atomic mass is 16.5. The Morgan fingerprint density at radius 1 is 1.26 bits per heavy atom. The van der Waals surface area contributed by atoms with Crippen molar-refractivity contribution in [1.82, 2.24) is 15.1 Å². The molecule has 2 atom stereocenters. The number of amides is 1. The highest BCUT2D eigenvalue weighted by Gasteiger charge is 2.32. The van der Waals surface area contributed by atoms with E-state index in [2.05, 4.69) is 15.1 Å². The smallest absolute Gasteiger partial charge is 0.234 e. The molecule has 0 aromatic heterocycles. The summed E-state index contributed by atoms with van der Waals surface area (Å²) in [4.78, 5) is 16.8. The van der Waals surface area contributed by atoms with Gasteiger partial charge in [-0.25, -0.2) is 0 Å². The summed E-state index contributed by atoms with van der Waals surface area (Å²) >= 11 is 0. The number of para-hydroxylation sites is 1. The van der Waals surface area contributed by atoms with Gasteiger partial charge in [0.15, 0.2) is 0 Å². The fraction of sp³-hybridized carbons (Fsp3) is 0.650. The molecule has 1 amide bonds. The molecule has 0 aliphatic carbocycles. The first-order valence-corrected chi connectivity index (χ1v) is 9.78. The van der Waals surface area contributed by atoms with E-state index in [0.717, 1.165) is 50.3 Å². The number of hydrogen-bond donors (Lipinski definition) is 2. The lowest BCUT2D eigenvalue weighted by Gasteiger charge is -2.28. The van der Waals surface area contributed by atoms with Crippen molar-refractivity contribution in [2.45, 2.75) is 25.0 Å². The minimum absolute atomic E-state index is 0.0579. The predicted molar refractivity (Wildman–Crippen MR) is 103 cm³/mol. The number of ether oxygens (including phenoxy) is 2. The van der Waals surface area contributed by atoms with E-state index in [1.54, 1.807) is 7.11 Å². The van der Waals surface area contributed by atoms with Gasteiger partial charge in [-0.3, -0.25) is 14.6 Å². The molecule has 0 saturated carbocycles. The molecule has 150 valence electrons. The van der Waals surface area contributed by atoms with Crippen LogP contribution in [-0.4, -0.2) is 92.6 Å². The largest absolute Gasteiger partial charge is 0.496 e. The molecule has 2 aliphatic rings. The van der Waals surface area contributed by atoms with Crippen molar-refractivity contribution >= 4 is 5.91 Å². The molecule has 0 radical (unpaired) electrons. The third-order valence-electron chi connectivity index (χ3n) is 5.39. The molecule has 2 N–H and O–H groups in total. The Bertz CT molecular complexity index is 613. The second-order valence-corrected chi connectivity index (χ2v) is 7.25. The van der Waals surface area contributed by atoms with Gasteiger partial charge >= 0.3 is 0 Å². The number of methoxy groups -OCH3 is 1. The van der Waals surface area contributed by atoms with Crippen LogP contribution in [0.4, 0.5) is 0 Å². The average Bonchev–Trinajstić information content (AvgIpc) is 2.97. The van der Waals surface area contributed by atoms with Crippen molar-refractivity contribution in [3.05, 3.63) is 29.8 Å². The number of aliphatic hydroxyl groups excluding tert-OH is 1. The van der Waals surface area contributed by atoms with Crippen LogP contribution in [-0.2, 0) is 16.0 Å².